The van der Waals surface area contributed by atoms with Gasteiger partial charge in [-0.15, -0.1) is 0 Å². The predicted octanol–water partition coefficient (Wildman–Crippen LogP) is 1.72. The molecule has 2 aromatic rings. The minimum Gasteiger partial charge on any atom is -0.346 e. The number of hydrogen-bond acceptors (Lipinski definition) is 4. The van der Waals surface area contributed by atoms with Gasteiger partial charge in [-0.05, 0) is 25.1 Å². The van der Waals surface area contributed by atoms with E-state index in [1.807, 2.05) is 30.3 Å². The molecule has 0 saturated carbocycles. The second-order valence-electron chi connectivity index (χ2n) is 7.64. The van der Waals surface area contributed by atoms with Gasteiger partial charge in [-0.1, -0.05) is 60.2 Å². The zero-order valence-corrected chi connectivity index (χ0v) is 17.2. The lowest BCUT2D eigenvalue weighted by Gasteiger charge is -2.38. The van der Waals surface area contributed by atoms with Crippen LogP contribution in [0.3, 0.4) is 0 Å². The quantitative estimate of drug-likeness (QED) is 0.733. The molecule has 0 bridgehead atoms. The van der Waals surface area contributed by atoms with Crippen molar-refractivity contribution in [2.45, 2.75) is 19.5 Å². The van der Waals surface area contributed by atoms with E-state index >= 15 is 0 Å². The highest BCUT2D eigenvalue weighted by molar-refractivity contribution is 6.35. The highest BCUT2D eigenvalue weighted by atomic mass is 16.2. The average Bonchev–Trinajstić information content (AvgIpc) is 2.75. The number of rotatable bonds is 6. The Hall–Kier alpha value is -2.70. The molecule has 1 unspecified atom stereocenters. The number of carbonyl (C=O) groups is 2. The number of piperazine rings is 1. The molecule has 6 heteroatoms. The maximum absolute atomic E-state index is 12.3. The summed E-state index contributed by atoms with van der Waals surface area (Å²) in [6, 6.07) is 18.0. The van der Waals surface area contributed by atoms with Crippen LogP contribution >= 0.6 is 0 Å². The molecule has 0 spiro atoms. The van der Waals surface area contributed by atoms with Crippen molar-refractivity contribution in [1.29, 1.82) is 0 Å². The van der Waals surface area contributed by atoms with E-state index in [1.54, 1.807) is 0 Å². The second-order valence-corrected chi connectivity index (χ2v) is 7.64. The van der Waals surface area contributed by atoms with E-state index < -0.39 is 11.8 Å². The highest BCUT2D eigenvalue weighted by Gasteiger charge is 2.25. The van der Waals surface area contributed by atoms with Gasteiger partial charge in [0.15, 0.2) is 0 Å². The number of amides is 2. The maximum Gasteiger partial charge on any atom is 0.309 e. The molecule has 0 aromatic heterocycles. The minimum atomic E-state index is -0.602. The first-order chi connectivity index (χ1) is 14.0. The standard InChI is InChI=1S/C23H30N4O2/c1-18-8-10-20(11-9-18)21(27-14-12-26(2)13-15-27)17-25-23(29)22(28)24-16-19-6-4-3-5-7-19/h3-11,21H,12-17H2,1-2H3,(H,24,28)(H,25,29). The third kappa shape index (κ3) is 6.14. The topological polar surface area (TPSA) is 64.7 Å². The number of aryl methyl sites for hydroxylation is 1. The van der Waals surface area contributed by atoms with E-state index in [0.29, 0.717) is 13.1 Å². The Balaban J connectivity index is 1.59. The molecule has 0 radical (unpaired) electrons. The Morgan fingerprint density at radius 2 is 1.52 bits per heavy atom. The number of carbonyl (C=O) groups excluding carboxylic acids is 2. The molecule has 6 nitrogen and oxygen atoms in total. The lowest BCUT2D eigenvalue weighted by atomic mass is 10.0. The smallest absolute Gasteiger partial charge is 0.309 e. The maximum atomic E-state index is 12.3. The average molecular weight is 395 g/mol. The molecule has 1 atom stereocenters. The highest BCUT2D eigenvalue weighted by Crippen LogP contribution is 2.22. The van der Waals surface area contributed by atoms with Gasteiger partial charge in [0, 0.05) is 39.3 Å². The van der Waals surface area contributed by atoms with Gasteiger partial charge in [0.1, 0.15) is 0 Å². The van der Waals surface area contributed by atoms with Crippen LogP contribution in [0.4, 0.5) is 0 Å². The van der Waals surface area contributed by atoms with Crippen LogP contribution in [0.5, 0.6) is 0 Å². The zero-order valence-electron chi connectivity index (χ0n) is 17.2. The summed E-state index contributed by atoms with van der Waals surface area (Å²) in [6.07, 6.45) is 0. The Morgan fingerprint density at radius 1 is 0.897 bits per heavy atom. The van der Waals surface area contributed by atoms with Crippen molar-refractivity contribution >= 4 is 11.8 Å². The van der Waals surface area contributed by atoms with E-state index in [0.717, 1.165) is 37.3 Å². The summed E-state index contributed by atoms with van der Waals surface area (Å²) in [5.41, 5.74) is 3.32. The van der Waals surface area contributed by atoms with E-state index in [-0.39, 0.29) is 6.04 Å². The van der Waals surface area contributed by atoms with Crippen molar-refractivity contribution in [3.8, 4) is 0 Å². The summed E-state index contributed by atoms with van der Waals surface area (Å²) < 4.78 is 0. The lowest BCUT2D eigenvalue weighted by molar-refractivity contribution is -0.139. The summed E-state index contributed by atoms with van der Waals surface area (Å²) >= 11 is 0. The van der Waals surface area contributed by atoms with Crippen molar-refractivity contribution in [3.63, 3.8) is 0 Å². The molecule has 1 aliphatic rings. The van der Waals surface area contributed by atoms with Crippen LogP contribution < -0.4 is 10.6 Å². The van der Waals surface area contributed by atoms with E-state index in [2.05, 4.69) is 58.7 Å². The lowest BCUT2D eigenvalue weighted by Crippen LogP contribution is -2.49. The zero-order chi connectivity index (χ0) is 20.6. The minimum absolute atomic E-state index is 0.0511. The van der Waals surface area contributed by atoms with Crippen LogP contribution in [0.15, 0.2) is 54.6 Å². The SMILES string of the molecule is Cc1ccc(C(CNC(=O)C(=O)NCc2ccccc2)N2CCN(C)CC2)cc1. The molecular formula is C23H30N4O2. The normalized spacial score (nSPS) is 16.2. The van der Waals surface area contributed by atoms with Crippen molar-refractivity contribution < 1.29 is 9.59 Å². The fourth-order valence-electron chi connectivity index (χ4n) is 3.51. The molecule has 0 aliphatic carbocycles. The summed E-state index contributed by atoms with van der Waals surface area (Å²) in [5, 5.41) is 5.52. The van der Waals surface area contributed by atoms with Crippen LogP contribution in [-0.2, 0) is 16.1 Å². The molecule has 3 rings (SSSR count). The second kappa shape index (κ2) is 10.2. The Kier molecular flexibility index (Phi) is 7.38. The molecule has 1 heterocycles. The fraction of sp³-hybridized carbons (Fsp3) is 0.391. The van der Waals surface area contributed by atoms with Gasteiger partial charge in [0.25, 0.3) is 0 Å². The predicted molar refractivity (Wildman–Crippen MR) is 114 cm³/mol. The Bertz CT molecular complexity index is 799. The molecular weight excluding hydrogens is 364 g/mol. The van der Waals surface area contributed by atoms with Gasteiger partial charge in [0.05, 0.1) is 6.04 Å². The van der Waals surface area contributed by atoms with Gasteiger partial charge >= 0.3 is 11.8 Å². The van der Waals surface area contributed by atoms with E-state index in [4.69, 9.17) is 0 Å². The van der Waals surface area contributed by atoms with Crippen molar-refractivity contribution in [1.82, 2.24) is 20.4 Å². The third-order valence-electron chi connectivity index (χ3n) is 5.40. The number of nitrogens with zero attached hydrogens (tertiary/aromatic N) is 2. The van der Waals surface area contributed by atoms with E-state index in [1.165, 1.54) is 5.56 Å². The summed E-state index contributed by atoms with van der Waals surface area (Å²) in [5.74, 6) is -1.19. The van der Waals surface area contributed by atoms with Crippen molar-refractivity contribution in [3.05, 3.63) is 71.3 Å². The number of hydrogen-bond donors (Lipinski definition) is 2. The molecule has 1 fully saturated rings. The Labute approximate surface area is 172 Å². The summed E-state index contributed by atoms with van der Waals surface area (Å²) in [4.78, 5) is 29.2. The first-order valence-corrected chi connectivity index (χ1v) is 10.1. The first-order valence-electron chi connectivity index (χ1n) is 10.1. The molecule has 2 aromatic carbocycles. The molecule has 2 amide bonds. The summed E-state index contributed by atoms with van der Waals surface area (Å²) in [7, 11) is 2.12. The fourth-order valence-corrected chi connectivity index (χ4v) is 3.51. The largest absolute Gasteiger partial charge is 0.346 e. The van der Waals surface area contributed by atoms with E-state index in [9.17, 15) is 9.59 Å². The van der Waals surface area contributed by atoms with Gasteiger partial charge < -0.3 is 15.5 Å². The van der Waals surface area contributed by atoms with Crippen LogP contribution in [0.25, 0.3) is 0 Å². The van der Waals surface area contributed by atoms with Crippen molar-refractivity contribution in [2.75, 3.05) is 39.8 Å². The van der Waals surface area contributed by atoms with Crippen LogP contribution in [0.1, 0.15) is 22.7 Å². The molecule has 1 saturated heterocycles. The molecule has 154 valence electrons. The Morgan fingerprint density at radius 3 is 2.17 bits per heavy atom. The number of likely N-dealkylation sites (N-methyl/N-ethyl adjacent to an activating group) is 1. The molecule has 29 heavy (non-hydrogen) atoms. The van der Waals surface area contributed by atoms with Gasteiger partial charge in [-0.25, -0.2) is 0 Å². The third-order valence-corrected chi connectivity index (χ3v) is 5.40. The summed E-state index contributed by atoms with van der Waals surface area (Å²) in [6.45, 7) is 6.67. The van der Waals surface area contributed by atoms with Gasteiger partial charge in [-0.3, -0.25) is 14.5 Å². The van der Waals surface area contributed by atoms with Gasteiger partial charge in [0.2, 0.25) is 0 Å². The van der Waals surface area contributed by atoms with Crippen LogP contribution in [0, 0.1) is 6.92 Å². The van der Waals surface area contributed by atoms with Crippen LogP contribution in [0.2, 0.25) is 0 Å². The molecule has 1 aliphatic heterocycles. The monoisotopic (exact) mass is 394 g/mol. The van der Waals surface area contributed by atoms with Crippen molar-refractivity contribution in [2.24, 2.45) is 0 Å². The number of nitrogens with one attached hydrogen (secondary N) is 2. The first kappa shape index (κ1) is 21.0. The van der Waals surface area contributed by atoms with Crippen LogP contribution in [-0.4, -0.2) is 61.4 Å². The van der Waals surface area contributed by atoms with Gasteiger partial charge in [-0.2, -0.15) is 0 Å². The molecule has 2 N–H and O–H groups in total. The number of benzene rings is 2.